The van der Waals surface area contributed by atoms with Crippen LogP contribution in [0.5, 0.6) is 0 Å². The van der Waals surface area contributed by atoms with Crippen LogP contribution in [-0.4, -0.2) is 18.0 Å². The number of hydrogen-bond acceptors (Lipinski definition) is 5. The molecular formula is C9H14N4S. The first-order chi connectivity index (χ1) is 6.56. The van der Waals surface area contributed by atoms with Crippen molar-refractivity contribution in [2.75, 3.05) is 24.2 Å². The summed E-state index contributed by atoms with van der Waals surface area (Å²) in [6.45, 7) is 5.16. The van der Waals surface area contributed by atoms with Gasteiger partial charge in [-0.25, -0.2) is 0 Å². The molecule has 76 valence electrons. The van der Waals surface area contributed by atoms with Gasteiger partial charge < -0.3 is 10.6 Å². The van der Waals surface area contributed by atoms with Crippen LogP contribution in [0.1, 0.15) is 19.4 Å². The first-order valence-electron chi connectivity index (χ1n) is 4.42. The Hall–Kier alpha value is -1.28. The highest BCUT2D eigenvalue weighted by molar-refractivity contribution is 7.10. The molecule has 0 bridgehead atoms. The average Bonchev–Trinajstić information content (AvgIpc) is 2.45. The molecule has 0 saturated heterocycles. The number of aromatic nitrogens is 1. The average molecular weight is 210 g/mol. The summed E-state index contributed by atoms with van der Waals surface area (Å²) in [5, 5.41) is 9.74. The summed E-state index contributed by atoms with van der Waals surface area (Å²) >= 11 is 1.28. The minimum absolute atomic E-state index is 0.336. The molecule has 14 heavy (non-hydrogen) atoms. The number of nitrogens with two attached hydrogens (primary N) is 1. The van der Waals surface area contributed by atoms with E-state index in [1.54, 1.807) is 0 Å². The maximum Gasteiger partial charge on any atom is 0.157 e. The summed E-state index contributed by atoms with van der Waals surface area (Å²) in [5.74, 6) is 0.887. The topological polar surface area (TPSA) is 65.9 Å². The molecule has 1 aromatic heterocycles. The lowest BCUT2D eigenvalue weighted by Gasteiger charge is -2.19. The lowest BCUT2D eigenvalue weighted by atomic mass is 10.2. The van der Waals surface area contributed by atoms with Gasteiger partial charge in [-0.05, 0) is 17.5 Å². The molecule has 0 spiro atoms. The standard InChI is InChI=1S/C9H14N4S/c1-6(2)5-13(3)9-7(4-10)8(11)12-14-9/h6H,5H2,1-3H3,(H2,11,12). The highest BCUT2D eigenvalue weighted by Crippen LogP contribution is 2.29. The molecule has 1 aromatic rings. The molecule has 0 radical (unpaired) electrons. The third-order valence-corrected chi connectivity index (χ3v) is 2.77. The predicted octanol–water partition coefficient (Wildman–Crippen LogP) is 1.69. The lowest BCUT2D eigenvalue weighted by molar-refractivity contribution is 0.640. The second-order valence-corrected chi connectivity index (χ2v) is 4.39. The summed E-state index contributed by atoms with van der Waals surface area (Å²) in [4.78, 5) is 2.03. The van der Waals surface area contributed by atoms with Gasteiger partial charge in [-0.1, -0.05) is 13.8 Å². The Labute approximate surface area is 88.1 Å². The second kappa shape index (κ2) is 4.29. The monoisotopic (exact) mass is 210 g/mol. The number of nitriles is 1. The number of rotatable bonds is 3. The molecule has 0 atom stereocenters. The minimum Gasteiger partial charge on any atom is -0.382 e. The fraction of sp³-hybridized carbons (Fsp3) is 0.556. The van der Waals surface area contributed by atoms with Gasteiger partial charge in [0.05, 0.1) is 0 Å². The van der Waals surface area contributed by atoms with E-state index < -0.39 is 0 Å². The molecular weight excluding hydrogens is 196 g/mol. The normalized spacial score (nSPS) is 10.2. The van der Waals surface area contributed by atoms with Crippen molar-refractivity contribution in [3.05, 3.63) is 5.56 Å². The van der Waals surface area contributed by atoms with Crippen LogP contribution in [-0.2, 0) is 0 Å². The van der Waals surface area contributed by atoms with Gasteiger partial charge in [-0.2, -0.15) is 9.64 Å². The number of anilines is 2. The third kappa shape index (κ3) is 2.15. The van der Waals surface area contributed by atoms with E-state index in [0.29, 0.717) is 17.3 Å². The summed E-state index contributed by atoms with van der Waals surface area (Å²) in [5.41, 5.74) is 6.07. The second-order valence-electron chi connectivity index (χ2n) is 3.63. The highest BCUT2D eigenvalue weighted by atomic mass is 32.1. The maximum atomic E-state index is 8.88. The molecule has 0 aliphatic heterocycles. The Morgan fingerprint density at radius 3 is 2.79 bits per heavy atom. The van der Waals surface area contributed by atoms with Crippen molar-refractivity contribution >= 4 is 22.4 Å². The van der Waals surface area contributed by atoms with Crippen molar-refractivity contribution in [1.29, 1.82) is 5.26 Å². The molecule has 4 nitrogen and oxygen atoms in total. The zero-order valence-corrected chi connectivity index (χ0v) is 9.43. The zero-order chi connectivity index (χ0) is 10.7. The molecule has 0 aliphatic carbocycles. The predicted molar refractivity (Wildman–Crippen MR) is 59.3 cm³/mol. The zero-order valence-electron chi connectivity index (χ0n) is 8.61. The van der Waals surface area contributed by atoms with Gasteiger partial charge in [0, 0.05) is 13.6 Å². The number of hydrogen-bond donors (Lipinski definition) is 1. The van der Waals surface area contributed by atoms with Crippen molar-refractivity contribution < 1.29 is 0 Å². The van der Waals surface area contributed by atoms with E-state index >= 15 is 0 Å². The Morgan fingerprint density at radius 2 is 2.29 bits per heavy atom. The van der Waals surface area contributed by atoms with Crippen molar-refractivity contribution in [2.24, 2.45) is 5.92 Å². The van der Waals surface area contributed by atoms with Gasteiger partial charge in [-0.3, -0.25) is 0 Å². The van der Waals surface area contributed by atoms with Crippen LogP contribution in [0.3, 0.4) is 0 Å². The quantitative estimate of drug-likeness (QED) is 0.824. The van der Waals surface area contributed by atoms with Crippen LogP contribution < -0.4 is 10.6 Å². The molecule has 2 N–H and O–H groups in total. The molecule has 5 heteroatoms. The molecule has 1 heterocycles. The largest absolute Gasteiger partial charge is 0.382 e. The van der Waals surface area contributed by atoms with Crippen LogP contribution in [0.4, 0.5) is 10.8 Å². The van der Waals surface area contributed by atoms with Crippen molar-refractivity contribution in [3.63, 3.8) is 0 Å². The van der Waals surface area contributed by atoms with Gasteiger partial charge in [0.2, 0.25) is 0 Å². The van der Waals surface area contributed by atoms with Crippen LogP contribution in [0.15, 0.2) is 0 Å². The highest BCUT2D eigenvalue weighted by Gasteiger charge is 2.15. The first-order valence-corrected chi connectivity index (χ1v) is 5.20. The molecule has 1 rings (SSSR count). The van der Waals surface area contributed by atoms with Gasteiger partial charge in [0.1, 0.15) is 16.6 Å². The first kappa shape index (κ1) is 10.8. The minimum atomic E-state index is 0.336. The van der Waals surface area contributed by atoms with E-state index in [0.717, 1.165) is 11.5 Å². The van der Waals surface area contributed by atoms with Crippen molar-refractivity contribution in [2.45, 2.75) is 13.8 Å². The summed E-state index contributed by atoms with van der Waals surface area (Å²) < 4.78 is 3.97. The van der Waals surface area contributed by atoms with Crippen molar-refractivity contribution in [3.8, 4) is 6.07 Å². The molecule has 0 unspecified atom stereocenters. The van der Waals surface area contributed by atoms with Gasteiger partial charge in [0.25, 0.3) is 0 Å². The molecule has 0 amide bonds. The number of nitrogens with zero attached hydrogens (tertiary/aromatic N) is 3. The Morgan fingerprint density at radius 1 is 1.64 bits per heavy atom. The van der Waals surface area contributed by atoms with Gasteiger partial charge in [-0.15, -0.1) is 0 Å². The van der Waals surface area contributed by atoms with E-state index in [1.807, 2.05) is 11.9 Å². The van der Waals surface area contributed by atoms with E-state index in [2.05, 4.69) is 24.3 Å². The van der Waals surface area contributed by atoms with Crippen LogP contribution in [0.25, 0.3) is 0 Å². The van der Waals surface area contributed by atoms with Crippen molar-refractivity contribution in [1.82, 2.24) is 4.37 Å². The fourth-order valence-corrected chi connectivity index (χ4v) is 2.02. The van der Waals surface area contributed by atoms with E-state index in [1.165, 1.54) is 11.5 Å². The Balaban J connectivity index is 2.90. The number of nitrogen functional groups attached to an aromatic ring is 1. The SMILES string of the molecule is CC(C)CN(C)c1snc(N)c1C#N. The van der Waals surface area contributed by atoms with Crippen LogP contribution in [0, 0.1) is 17.2 Å². The smallest absolute Gasteiger partial charge is 0.157 e. The van der Waals surface area contributed by atoms with Crippen LogP contribution in [0.2, 0.25) is 0 Å². The summed E-state index contributed by atoms with van der Waals surface area (Å²) in [7, 11) is 1.95. The fourth-order valence-electron chi connectivity index (χ4n) is 1.29. The summed E-state index contributed by atoms with van der Waals surface area (Å²) in [6.07, 6.45) is 0. The maximum absolute atomic E-state index is 8.88. The summed E-state index contributed by atoms with van der Waals surface area (Å²) in [6, 6.07) is 2.08. The van der Waals surface area contributed by atoms with E-state index in [-0.39, 0.29) is 0 Å². The molecule has 0 aromatic carbocycles. The lowest BCUT2D eigenvalue weighted by Crippen LogP contribution is -2.22. The van der Waals surface area contributed by atoms with E-state index in [4.69, 9.17) is 11.0 Å². The van der Waals surface area contributed by atoms with Crippen LogP contribution >= 0.6 is 11.5 Å². The van der Waals surface area contributed by atoms with Gasteiger partial charge in [0.15, 0.2) is 5.82 Å². The Bertz CT molecular complexity index is 350. The molecule has 0 aliphatic rings. The Kier molecular flexibility index (Phi) is 3.31. The van der Waals surface area contributed by atoms with Gasteiger partial charge >= 0.3 is 0 Å². The molecule has 0 saturated carbocycles. The third-order valence-electron chi connectivity index (χ3n) is 1.80. The molecule has 0 fully saturated rings. The van der Waals surface area contributed by atoms with E-state index in [9.17, 15) is 0 Å².